The van der Waals surface area contributed by atoms with Gasteiger partial charge in [0.2, 0.25) is 5.82 Å². The zero-order chi connectivity index (χ0) is 23.5. The number of ether oxygens (including phenoxy) is 1. The average molecular weight is 469 g/mol. The molecule has 3 aromatic rings. The van der Waals surface area contributed by atoms with Crippen molar-refractivity contribution in [2.24, 2.45) is 0 Å². The number of hydrogen-bond donors (Lipinski definition) is 1. The molecule has 0 fully saturated rings. The molecule has 0 saturated heterocycles. The third kappa shape index (κ3) is 5.68. The molecule has 34 heavy (non-hydrogen) atoms. The number of fused-ring (bicyclic) bond motifs is 1. The van der Waals surface area contributed by atoms with Crippen molar-refractivity contribution in [2.75, 3.05) is 13.1 Å². The van der Waals surface area contributed by atoms with Gasteiger partial charge in [-0.1, -0.05) is 17.3 Å². The first-order valence-electron chi connectivity index (χ1n) is 11.0. The zero-order valence-corrected chi connectivity index (χ0v) is 22.0. The summed E-state index contributed by atoms with van der Waals surface area (Å²) in [5.74, 6) is 0.595. The first kappa shape index (κ1) is 25.9. The van der Waals surface area contributed by atoms with Crippen LogP contribution in [0.15, 0.2) is 34.9 Å². The summed E-state index contributed by atoms with van der Waals surface area (Å²) in [5, 5.41) is 22.6. The van der Waals surface area contributed by atoms with Crippen molar-refractivity contribution >= 4 is 35.5 Å². The minimum Gasteiger partial charge on any atom is -0.490 e. The quantitative estimate of drug-likeness (QED) is 0.520. The third-order valence-corrected chi connectivity index (χ3v) is 5.79. The molecule has 8 nitrogen and oxygen atoms in total. The summed E-state index contributed by atoms with van der Waals surface area (Å²) >= 11 is 0. The van der Waals surface area contributed by atoms with Gasteiger partial charge in [-0.25, -0.2) is 0 Å². The molecule has 0 atom stereocenters. The molecule has 0 bridgehead atoms. The van der Waals surface area contributed by atoms with E-state index in [4.69, 9.17) is 14.4 Å². The Morgan fingerprint density at radius 3 is 2.82 bits per heavy atom. The molecule has 1 N–H and O–H groups in total. The smallest absolute Gasteiger partial charge is 0.304 e. The third-order valence-electron chi connectivity index (χ3n) is 5.79. The molecular formula is C25H26N4NaO4. The molecule has 171 valence electrons. The maximum Gasteiger partial charge on any atom is 0.304 e. The molecule has 1 radical (unpaired) electrons. The van der Waals surface area contributed by atoms with E-state index in [-0.39, 0.29) is 42.1 Å². The summed E-state index contributed by atoms with van der Waals surface area (Å²) < 4.78 is 11.2. The Hall–Kier alpha value is -2.70. The first-order chi connectivity index (χ1) is 15.9. The van der Waals surface area contributed by atoms with Crippen molar-refractivity contribution in [2.45, 2.75) is 46.3 Å². The van der Waals surface area contributed by atoms with E-state index < -0.39 is 5.97 Å². The molecule has 1 aliphatic rings. The summed E-state index contributed by atoms with van der Waals surface area (Å²) in [5.41, 5.74) is 5.55. The second kappa shape index (κ2) is 11.2. The normalized spacial score (nSPS) is 13.1. The Kier molecular flexibility index (Phi) is 8.50. The van der Waals surface area contributed by atoms with Crippen LogP contribution >= 0.6 is 0 Å². The van der Waals surface area contributed by atoms with Crippen LogP contribution in [0.1, 0.15) is 42.5 Å². The van der Waals surface area contributed by atoms with E-state index in [9.17, 15) is 10.1 Å². The van der Waals surface area contributed by atoms with Crippen LogP contribution in [0, 0.1) is 18.3 Å². The minimum absolute atomic E-state index is 0. The van der Waals surface area contributed by atoms with Crippen LogP contribution in [-0.2, 0) is 17.8 Å². The number of nitrogens with zero attached hydrogens (tertiary/aromatic N) is 4. The molecule has 9 heteroatoms. The van der Waals surface area contributed by atoms with Gasteiger partial charge >= 0.3 is 5.97 Å². The molecular weight excluding hydrogens is 443 g/mol. The van der Waals surface area contributed by atoms with Crippen molar-refractivity contribution < 1.29 is 19.2 Å². The summed E-state index contributed by atoms with van der Waals surface area (Å²) in [6.07, 6.45) is 0.965. The second-order valence-corrected chi connectivity index (χ2v) is 8.46. The monoisotopic (exact) mass is 469 g/mol. The number of carboxylic acid groups (broad SMARTS) is 1. The maximum absolute atomic E-state index is 10.9. The number of aromatic nitrogens is 2. The topological polar surface area (TPSA) is 112 Å². The van der Waals surface area contributed by atoms with E-state index in [0.717, 1.165) is 30.6 Å². The van der Waals surface area contributed by atoms with Crippen molar-refractivity contribution in [1.29, 1.82) is 5.26 Å². The molecule has 0 spiro atoms. The Bertz CT molecular complexity index is 1230. The summed E-state index contributed by atoms with van der Waals surface area (Å²) in [7, 11) is 0. The van der Waals surface area contributed by atoms with E-state index in [1.54, 1.807) is 18.2 Å². The average Bonchev–Trinajstić information content (AvgIpc) is 3.27. The number of benzene rings is 2. The fourth-order valence-electron chi connectivity index (χ4n) is 4.14. The van der Waals surface area contributed by atoms with Gasteiger partial charge in [0.15, 0.2) is 0 Å². The number of carbonyl (C=O) groups is 1. The zero-order valence-electron chi connectivity index (χ0n) is 20.0. The molecule has 0 unspecified atom stereocenters. The predicted octanol–water partition coefficient (Wildman–Crippen LogP) is 3.82. The molecule has 2 aromatic carbocycles. The van der Waals surface area contributed by atoms with E-state index in [1.807, 2.05) is 19.9 Å². The van der Waals surface area contributed by atoms with Gasteiger partial charge in [0.1, 0.15) is 11.8 Å². The Morgan fingerprint density at radius 2 is 2.12 bits per heavy atom. The van der Waals surface area contributed by atoms with Crippen molar-refractivity contribution in [3.05, 3.63) is 52.6 Å². The Morgan fingerprint density at radius 1 is 1.32 bits per heavy atom. The maximum atomic E-state index is 10.9. The van der Waals surface area contributed by atoms with Crippen LogP contribution in [0.2, 0.25) is 0 Å². The molecule has 1 aliphatic heterocycles. The van der Waals surface area contributed by atoms with E-state index in [1.165, 1.54) is 11.1 Å². The fraction of sp³-hybridized carbons (Fsp3) is 0.360. The van der Waals surface area contributed by atoms with Gasteiger partial charge in [-0.2, -0.15) is 10.2 Å². The van der Waals surface area contributed by atoms with Gasteiger partial charge in [-0.3, -0.25) is 9.69 Å². The van der Waals surface area contributed by atoms with Gasteiger partial charge in [0.05, 0.1) is 18.1 Å². The summed E-state index contributed by atoms with van der Waals surface area (Å²) in [4.78, 5) is 17.6. The van der Waals surface area contributed by atoms with Gasteiger partial charge in [-0.05, 0) is 62.1 Å². The molecule has 4 rings (SSSR count). The minimum atomic E-state index is -0.774. The Labute approximate surface area is 220 Å². The molecule has 1 aromatic heterocycles. The van der Waals surface area contributed by atoms with Crippen molar-refractivity contribution in [1.82, 2.24) is 15.0 Å². The largest absolute Gasteiger partial charge is 0.490 e. The van der Waals surface area contributed by atoms with Crippen LogP contribution in [0.5, 0.6) is 5.75 Å². The number of rotatable bonds is 7. The number of nitriles is 1. The van der Waals surface area contributed by atoms with Crippen LogP contribution in [0.3, 0.4) is 0 Å². The number of carboxylic acids is 1. The van der Waals surface area contributed by atoms with Gasteiger partial charge in [0, 0.05) is 60.3 Å². The van der Waals surface area contributed by atoms with Crippen LogP contribution < -0.4 is 4.74 Å². The number of aliphatic carboxylic acids is 1. The number of hydrogen-bond acceptors (Lipinski definition) is 7. The molecule has 0 amide bonds. The van der Waals surface area contributed by atoms with Crippen LogP contribution in [0.4, 0.5) is 0 Å². The molecule has 2 heterocycles. The van der Waals surface area contributed by atoms with Gasteiger partial charge in [-0.15, -0.1) is 0 Å². The van der Waals surface area contributed by atoms with E-state index >= 15 is 0 Å². The molecule has 0 aliphatic carbocycles. The van der Waals surface area contributed by atoms with Crippen LogP contribution in [0.25, 0.3) is 22.8 Å². The predicted molar refractivity (Wildman–Crippen MR) is 127 cm³/mol. The van der Waals surface area contributed by atoms with Gasteiger partial charge in [0.25, 0.3) is 5.89 Å². The van der Waals surface area contributed by atoms with Crippen LogP contribution in [-0.4, -0.2) is 74.9 Å². The second-order valence-electron chi connectivity index (χ2n) is 8.46. The Balaban J connectivity index is 0.00000324. The van der Waals surface area contributed by atoms with Gasteiger partial charge < -0.3 is 14.4 Å². The summed E-state index contributed by atoms with van der Waals surface area (Å²) in [6, 6.07) is 11.5. The SMILES string of the molecule is Cc1c(-c2noc(-c3ccc(OC(C)C)c(C#N)c3)n2)ccc2c1CCN(CCC(=O)O)C2.[Na]. The standard InChI is InChI=1S/C25H26N4O4.Na/c1-15(2)32-22-7-5-17(12-19(22)13-26)25-27-24(28-33-25)21-6-4-18-14-29(11-9-23(30)31)10-8-20(18)16(21)3;/h4-7,12,15H,8-11,14H2,1-3H3,(H,30,31);. The summed E-state index contributed by atoms with van der Waals surface area (Å²) in [6.45, 7) is 7.99. The van der Waals surface area contributed by atoms with Crippen molar-refractivity contribution in [3.63, 3.8) is 0 Å². The van der Waals surface area contributed by atoms with E-state index in [2.05, 4.69) is 34.1 Å². The van der Waals surface area contributed by atoms with Crippen molar-refractivity contribution in [3.8, 4) is 34.7 Å². The molecule has 0 saturated carbocycles. The van der Waals surface area contributed by atoms with E-state index in [0.29, 0.717) is 35.1 Å². The fourth-order valence-corrected chi connectivity index (χ4v) is 4.14. The first-order valence-corrected chi connectivity index (χ1v) is 11.0.